The first-order chi connectivity index (χ1) is 14.0. The molecule has 3 heterocycles. The second-order valence-electron chi connectivity index (χ2n) is 7.71. The highest BCUT2D eigenvalue weighted by atomic mass is 35.5. The molecule has 6 nitrogen and oxygen atoms in total. The number of likely N-dealkylation sites (tertiary alicyclic amines) is 1. The number of ether oxygens (including phenoxy) is 2. The summed E-state index contributed by atoms with van der Waals surface area (Å²) in [6.07, 6.45) is 0.713. The molecular formula is C22H21ClN2O4. The SMILES string of the molecule is COc1cc(Cl)cc(C(=O)N2CC[C@@]34O[C@H](c5ccccc5)CN3C(=O)C[C@@H]24)c1. The predicted molar refractivity (Wildman–Crippen MR) is 107 cm³/mol. The van der Waals surface area contributed by atoms with Crippen molar-refractivity contribution in [3.8, 4) is 5.75 Å². The Morgan fingerprint density at radius 2 is 2.03 bits per heavy atom. The molecule has 0 aliphatic carbocycles. The molecule has 0 bridgehead atoms. The van der Waals surface area contributed by atoms with Crippen LogP contribution in [-0.4, -0.2) is 53.6 Å². The molecule has 2 aromatic carbocycles. The lowest BCUT2D eigenvalue weighted by atomic mass is 10.1. The van der Waals surface area contributed by atoms with E-state index in [2.05, 4.69) is 0 Å². The van der Waals surface area contributed by atoms with E-state index in [1.165, 1.54) is 7.11 Å². The van der Waals surface area contributed by atoms with Crippen LogP contribution in [0.3, 0.4) is 0 Å². The Labute approximate surface area is 173 Å². The standard InChI is InChI=1S/C22H21ClN2O4/c1-28-17-10-15(9-16(23)11-17)21(27)24-8-7-22-19(24)12-20(26)25(22)13-18(29-22)14-5-3-2-4-6-14/h2-6,9-11,18-19H,7-8,12-13H2,1H3/t18-,19+,22-/m0/s1. The molecule has 5 rings (SSSR count). The van der Waals surface area contributed by atoms with Crippen LogP contribution >= 0.6 is 11.6 Å². The van der Waals surface area contributed by atoms with E-state index in [1.54, 1.807) is 23.1 Å². The van der Waals surface area contributed by atoms with Gasteiger partial charge >= 0.3 is 0 Å². The Kier molecular flexibility index (Phi) is 4.29. The quantitative estimate of drug-likeness (QED) is 0.776. The second-order valence-corrected chi connectivity index (χ2v) is 8.15. The summed E-state index contributed by atoms with van der Waals surface area (Å²) in [5, 5.41) is 0.437. The van der Waals surface area contributed by atoms with Crippen molar-refractivity contribution < 1.29 is 19.1 Å². The normalized spacial score (nSPS) is 27.9. The van der Waals surface area contributed by atoms with Gasteiger partial charge in [0.1, 0.15) is 11.9 Å². The van der Waals surface area contributed by atoms with Gasteiger partial charge in [-0.3, -0.25) is 9.59 Å². The zero-order valence-corrected chi connectivity index (χ0v) is 16.8. The Hall–Kier alpha value is -2.57. The highest BCUT2D eigenvalue weighted by molar-refractivity contribution is 6.31. The molecule has 0 unspecified atom stereocenters. The molecule has 3 fully saturated rings. The molecule has 0 radical (unpaired) electrons. The molecule has 3 atom stereocenters. The number of hydrogen-bond acceptors (Lipinski definition) is 4. The number of benzene rings is 2. The van der Waals surface area contributed by atoms with Gasteiger partial charge in [-0.1, -0.05) is 41.9 Å². The molecule has 150 valence electrons. The van der Waals surface area contributed by atoms with Gasteiger partial charge in [0.15, 0.2) is 5.72 Å². The maximum absolute atomic E-state index is 13.3. The molecule has 2 aromatic rings. The van der Waals surface area contributed by atoms with E-state index >= 15 is 0 Å². The van der Waals surface area contributed by atoms with Gasteiger partial charge in [-0.2, -0.15) is 0 Å². The van der Waals surface area contributed by atoms with E-state index in [9.17, 15) is 9.59 Å². The molecule has 0 N–H and O–H groups in total. The lowest BCUT2D eigenvalue weighted by Gasteiger charge is -2.32. The third-order valence-electron chi connectivity index (χ3n) is 6.21. The maximum Gasteiger partial charge on any atom is 0.254 e. The molecule has 0 aromatic heterocycles. The van der Waals surface area contributed by atoms with Gasteiger partial charge in [-0.25, -0.2) is 0 Å². The van der Waals surface area contributed by atoms with Crippen LogP contribution in [0.15, 0.2) is 48.5 Å². The molecule has 3 aliphatic rings. The number of rotatable bonds is 3. The highest BCUT2D eigenvalue weighted by Gasteiger charge is 2.65. The Balaban J connectivity index is 1.44. The maximum atomic E-state index is 13.3. The Morgan fingerprint density at radius 1 is 1.24 bits per heavy atom. The number of nitrogens with zero attached hydrogens (tertiary/aromatic N) is 2. The predicted octanol–water partition coefficient (Wildman–Crippen LogP) is 3.26. The van der Waals surface area contributed by atoms with Gasteiger partial charge in [0.25, 0.3) is 5.91 Å². The highest BCUT2D eigenvalue weighted by Crippen LogP contribution is 2.50. The minimum atomic E-state index is -0.740. The van der Waals surface area contributed by atoms with Crippen LogP contribution in [0.5, 0.6) is 5.75 Å². The fraction of sp³-hybridized carbons (Fsp3) is 0.364. The van der Waals surface area contributed by atoms with Crippen LogP contribution in [0.2, 0.25) is 5.02 Å². The summed E-state index contributed by atoms with van der Waals surface area (Å²) in [4.78, 5) is 29.6. The van der Waals surface area contributed by atoms with Crippen molar-refractivity contribution in [2.75, 3.05) is 20.2 Å². The summed E-state index contributed by atoms with van der Waals surface area (Å²) in [5.41, 5.74) is 0.762. The van der Waals surface area contributed by atoms with Gasteiger partial charge in [-0.05, 0) is 23.8 Å². The Bertz CT molecular complexity index is 982. The van der Waals surface area contributed by atoms with Crippen LogP contribution in [0.1, 0.15) is 34.9 Å². The van der Waals surface area contributed by atoms with E-state index in [1.807, 2.05) is 35.2 Å². The summed E-state index contributed by atoms with van der Waals surface area (Å²) in [6, 6.07) is 14.6. The lowest BCUT2D eigenvalue weighted by Crippen LogP contribution is -2.48. The van der Waals surface area contributed by atoms with E-state index in [-0.39, 0.29) is 30.4 Å². The van der Waals surface area contributed by atoms with Crippen molar-refractivity contribution in [1.29, 1.82) is 0 Å². The fourth-order valence-electron chi connectivity index (χ4n) is 4.88. The summed E-state index contributed by atoms with van der Waals surface area (Å²) in [5.74, 6) is 0.406. The average Bonchev–Trinajstić information content (AvgIpc) is 3.36. The number of amides is 2. The fourth-order valence-corrected chi connectivity index (χ4v) is 5.10. The van der Waals surface area contributed by atoms with E-state index in [0.717, 1.165) is 5.56 Å². The zero-order valence-electron chi connectivity index (χ0n) is 16.0. The van der Waals surface area contributed by atoms with Gasteiger partial charge in [0.2, 0.25) is 5.91 Å². The molecule has 7 heteroatoms. The zero-order chi connectivity index (χ0) is 20.2. The van der Waals surface area contributed by atoms with Crippen molar-refractivity contribution in [3.63, 3.8) is 0 Å². The van der Waals surface area contributed by atoms with Crippen molar-refractivity contribution in [2.24, 2.45) is 0 Å². The summed E-state index contributed by atoms with van der Waals surface area (Å²) in [7, 11) is 1.54. The van der Waals surface area contributed by atoms with Crippen LogP contribution in [0.25, 0.3) is 0 Å². The number of carbonyl (C=O) groups excluding carboxylic acids is 2. The van der Waals surface area contributed by atoms with Crippen molar-refractivity contribution in [2.45, 2.75) is 30.7 Å². The van der Waals surface area contributed by atoms with Crippen LogP contribution < -0.4 is 4.74 Å². The summed E-state index contributed by atoms with van der Waals surface area (Å²) < 4.78 is 11.7. The molecule has 0 saturated carbocycles. The Morgan fingerprint density at radius 3 is 2.79 bits per heavy atom. The smallest absolute Gasteiger partial charge is 0.254 e. The third kappa shape index (κ3) is 2.81. The van der Waals surface area contributed by atoms with Gasteiger partial charge in [0, 0.05) is 23.6 Å². The first-order valence-corrected chi connectivity index (χ1v) is 10.1. The molecule has 2 amide bonds. The average molecular weight is 413 g/mol. The lowest BCUT2D eigenvalue weighted by molar-refractivity contribution is -0.138. The van der Waals surface area contributed by atoms with E-state index in [0.29, 0.717) is 35.8 Å². The topological polar surface area (TPSA) is 59.1 Å². The molecular weight excluding hydrogens is 392 g/mol. The van der Waals surface area contributed by atoms with Gasteiger partial charge in [0.05, 0.1) is 26.1 Å². The number of carbonyl (C=O) groups is 2. The minimum absolute atomic E-state index is 0.0367. The minimum Gasteiger partial charge on any atom is -0.497 e. The number of methoxy groups -OCH3 is 1. The van der Waals surface area contributed by atoms with Crippen molar-refractivity contribution >= 4 is 23.4 Å². The number of hydrogen-bond donors (Lipinski definition) is 0. The van der Waals surface area contributed by atoms with Crippen LogP contribution in [-0.2, 0) is 9.53 Å². The number of halogens is 1. The molecule has 3 saturated heterocycles. The molecule has 29 heavy (non-hydrogen) atoms. The van der Waals surface area contributed by atoms with Crippen molar-refractivity contribution in [3.05, 3.63) is 64.7 Å². The van der Waals surface area contributed by atoms with Crippen LogP contribution in [0, 0.1) is 0 Å². The van der Waals surface area contributed by atoms with Gasteiger partial charge in [-0.15, -0.1) is 0 Å². The summed E-state index contributed by atoms with van der Waals surface area (Å²) in [6.45, 7) is 1.05. The largest absolute Gasteiger partial charge is 0.497 e. The second kappa shape index (κ2) is 6.75. The molecule has 3 aliphatic heterocycles. The first-order valence-electron chi connectivity index (χ1n) is 9.70. The van der Waals surface area contributed by atoms with Crippen molar-refractivity contribution in [1.82, 2.24) is 9.80 Å². The molecule has 1 spiro atoms. The van der Waals surface area contributed by atoms with Gasteiger partial charge < -0.3 is 19.3 Å². The first kappa shape index (κ1) is 18.5. The third-order valence-corrected chi connectivity index (χ3v) is 6.43. The van der Waals surface area contributed by atoms with E-state index < -0.39 is 5.72 Å². The summed E-state index contributed by atoms with van der Waals surface area (Å²) >= 11 is 6.15. The monoisotopic (exact) mass is 412 g/mol. The van der Waals surface area contributed by atoms with E-state index in [4.69, 9.17) is 21.1 Å². The van der Waals surface area contributed by atoms with Crippen LogP contribution in [0.4, 0.5) is 0 Å².